The second-order valence-corrected chi connectivity index (χ2v) is 7.15. The van der Waals surface area contributed by atoms with Gasteiger partial charge in [0.2, 0.25) is 0 Å². The van der Waals surface area contributed by atoms with Gasteiger partial charge in [0, 0.05) is 11.6 Å². The van der Waals surface area contributed by atoms with Crippen molar-refractivity contribution < 1.29 is 39.8 Å². The molecule has 2 aromatic carbocycles. The molecule has 5 atom stereocenters. The van der Waals surface area contributed by atoms with Crippen molar-refractivity contribution in [2.24, 2.45) is 0 Å². The summed E-state index contributed by atoms with van der Waals surface area (Å²) in [5, 5.41) is 60.1. The summed E-state index contributed by atoms with van der Waals surface area (Å²) in [6.07, 6.45) is -7.49. The SMILES string of the molecule is O=c1cc(-c2ccc(O)cc2)oc2c([C@H]3O[C@@H](CO)[C@H](O)[C@@H](O)[C@@H]3O)c(O)ccc12. The monoisotopic (exact) mass is 416 g/mol. The average molecular weight is 416 g/mol. The zero-order valence-electron chi connectivity index (χ0n) is 15.5. The van der Waals surface area contributed by atoms with Gasteiger partial charge in [-0.05, 0) is 36.4 Å². The molecule has 2 heterocycles. The van der Waals surface area contributed by atoms with E-state index in [0.717, 1.165) is 0 Å². The quantitative estimate of drug-likeness (QED) is 0.355. The molecule has 6 N–H and O–H groups in total. The number of aliphatic hydroxyl groups is 4. The summed E-state index contributed by atoms with van der Waals surface area (Å²) >= 11 is 0. The predicted octanol–water partition coefficient (Wildman–Crippen LogP) is 0.386. The zero-order chi connectivity index (χ0) is 21.6. The van der Waals surface area contributed by atoms with Crippen molar-refractivity contribution in [3.8, 4) is 22.8 Å². The molecule has 158 valence electrons. The molecule has 0 saturated carbocycles. The van der Waals surface area contributed by atoms with E-state index in [1.54, 1.807) is 0 Å². The van der Waals surface area contributed by atoms with Gasteiger partial charge in [0.05, 0.1) is 17.6 Å². The van der Waals surface area contributed by atoms with Gasteiger partial charge in [-0.2, -0.15) is 0 Å². The first-order chi connectivity index (χ1) is 14.3. The molecule has 0 amide bonds. The first-order valence-corrected chi connectivity index (χ1v) is 9.21. The second kappa shape index (κ2) is 7.71. The maximum atomic E-state index is 12.7. The minimum atomic E-state index is -1.66. The molecule has 1 aliphatic heterocycles. The van der Waals surface area contributed by atoms with Crippen LogP contribution in [0, 0.1) is 0 Å². The van der Waals surface area contributed by atoms with Gasteiger partial charge in [-0.1, -0.05) is 0 Å². The van der Waals surface area contributed by atoms with Crippen molar-refractivity contribution in [2.75, 3.05) is 6.61 Å². The van der Waals surface area contributed by atoms with E-state index in [1.807, 2.05) is 0 Å². The number of phenols is 2. The van der Waals surface area contributed by atoms with Crippen LogP contribution in [0.5, 0.6) is 11.5 Å². The maximum absolute atomic E-state index is 12.7. The van der Waals surface area contributed by atoms with E-state index < -0.39 is 42.6 Å². The van der Waals surface area contributed by atoms with Gasteiger partial charge in [-0.25, -0.2) is 0 Å². The van der Waals surface area contributed by atoms with Crippen LogP contribution in [0.1, 0.15) is 11.7 Å². The average Bonchev–Trinajstić information content (AvgIpc) is 2.73. The molecule has 0 unspecified atom stereocenters. The van der Waals surface area contributed by atoms with Gasteiger partial charge in [-0.3, -0.25) is 4.79 Å². The van der Waals surface area contributed by atoms with Crippen molar-refractivity contribution in [1.82, 2.24) is 0 Å². The fourth-order valence-corrected chi connectivity index (χ4v) is 3.61. The Bertz CT molecular complexity index is 1120. The Balaban J connectivity index is 1.92. The minimum Gasteiger partial charge on any atom is -0.508 e. The molecule has 1 aliphatic rings. The molecular weight excluding hydrogens is 396 g/mol. The van der Waals surface area contributed by atoms with Crippen LogP contribution in [0.4, 0.5) is 0 Å². The largest absolute Gasteiger partial charge is 0.508 e. The zero-order valence-corrected chi connectivity index (χ0v) is 15.5. The van der Waals surface area contributed by atoms with Crippen molar-refractivity contribution in [3.05, 3.63) is 58.3 Å². The Labute approximate surface area is 169 Å². The Hall–Kier alpha value is -2.95. The number of benzene rings is 2. The van der Waals surface area contributed by atoms with Crippen LogP contribution in [0.15, 0.2) is 51.7 Å². The lowest BCUT2D eigenvalue weighted by molar-refractivity contribution is -0.231. The van der Waals surface area contributed by atoms with Gasteiger partial charge >= 0.3 is 0 Å². The van der Waals surface area contributed by atoms with Crippen molar-refractivity contribution in [3.63, 3.8) is 0 Å². The molecule has 4 rings (SSSR count). The molecule has 30 heavy (non-hydrogen) atoms. The molecular formula is C21H20O9. The first kappa shape index (κ1) is 20.3. The molecule has 1 fully saturated rings. The fraction of sp³-hybridized carbons (Fsp3) is 0.286. The van der Waals surface area contributed by atoms with Crippen LogP contribution in [-0.2, 0) is 4.74 Å². The molecule has 0 aliphatic carbocycles. The Morgan fingerprint density at radius 3 is 2.27 bits per heavy atom. The Kier molecular flexibility index (Phi) is 5.22. The highest BCUT2D eigenvalue weighted by Crippen LogP contribution is 2.41. The van der Waals surface area contributed by atoms with E-state index in [4.69, 9.17) is 9.15 Å². The highest BCUT2D eigenvalue weighted by Gasteiger charge is 2.45. The third-order valence-electron chi connectivity index (χ3n) is 5.24. The van der Waals surface area contributed by atoms with E-state index >= 15 is 0 Å². The number of aromatic hydroxyl groups is 2. The van der Waals surface area contributed by atoms with Crippen LogP contribution in [0.2, 0.25) is 0 Å². The molecule has 3 aromatic rings. The summed E-state index contributed by atoms with van der Waals surface area (Å²) in [7, 11) is 0. The number of hydrogen-bond donors (Lipinski definition) is 6. The lowest BCUT2D eigenvalue weighted by Crippen LogP contribution is -2.55. The highest BCUT2D eigenvalue weighted by molar-refractivity contribution is 5.84. The Morgan fingerprint density at radius 2 is 1.60 bits per heavy atom. The minimum absolute atomic E-state index is 0.0292. The van der Waals surface area contributed by atoms with E-state index in [9.17, 15) is 35.4 Å². The lowest BCUT2D eigenvalue weighted by atomic mass is 9.90. The molecule has 0 spiro atoms. The van der Waals surface area contributed by atoms with E-state index in [0.29, 0.717) is 5.56 Å². The number of hydrogen-bond acceptors (Lipinski definition) is 9. The van der Waals surface area contributed by atoms with Gasteiger partial charge < -0.3 is 39.8 Å². The molecule has 1 saturated heterocycles. The lowest BCUT2D eigenvalue weighted by Gasteiger charge is -2.40. The molecule has 9 nitrogen and oxygen atoms in total. The molecule has 0 radical (unpaired) electrons. The van der Waals surface area contributed by atoms with Gasteiger partial charge in [0.1, 0.15) is 53.4 Å². The van der Waals surface area contributed by atoms with E-state index in [1.165, 1.54) is 42.5 Å². The third kappa shape index (κ3) is 3.32. The fourth-order valence-electron chi connectivity index (χ4n) is 3.61. The standard InChI is InChI=1S/C21H20O9/c22-8-15-17(26)18(27)19(28)21(30-15)16-12(24)6-5-11-13(25)7-14(29-20(11)16)9-1-3-10(23)4-2-9/h1-7,15,17-19,21-24,26-28H,8H2/t15-,17-,18+,19-,21+/m0/s1. The number of rotatable bonds is 3. The normalized spacial score (nSPS) is 26.7. The summed E-state index contributed by atoms with van der Waals surface area (Å²) in [5.41, 5.74) is -0.114. The molecule has 1 aromatic heterocycles. The summed E-state index contributed by atoms with van der Waals surface area (Å²) < 4.78 is 11.4. The van der Waals surface area contributed by atoms with E-state index in [2.05, 4.69) is 0 Å². The van der Waals surface area contributed by atoms with Crippen LogP contribution in [-0.4, -0.2) is 61.7 Å². The Morgan fingerprint density at radius 1 is 0.900 bits per heavy atom. The highest BCUT2D eigenvalue weighted by atomic mass is 16.5. The maximum Gasteiger partial charge on any atom is 0.193 e. The van der Waals surface area contributed by atoms with Gasteiger partial charge in [0.15, 0.2) is 5.43 Å². The predicted molar refractivity (Wildman–Crippen MR) is 104 cm³/mol. The van der Waals surface area contributed by atoms with Crippen LogP contribution in [0.25, 0.3) is 22.3 Å². The molecule has 9 heteroatoms. The van der Waals surface area contributed by atoms with Crippen molar-refractivity contribution in [2.45, 2.75) is 30.5 Å². The van der Waals surface area contributed by atoms with Gasteiger partial charge in [0.25, 0.3) is 0 Å². The van der Waals surface area contributed by atoms with Gasteiger partial charge in [-0.15, -0.1) is 0 Å². The van der Waals surface area contributed by atoms with Crippen LogP contribution in [0.3, 0.4) is 0 Å². The molecule has 0 bridgehead atoms. The summed E-state index contributed by atoms with van der Waals surface area (Å²) in [4.78, 5) is 12.7. The number of ether oxygens (including phenoxy) is 1. The second-order valence-electron chi connectivity index (χ2n) is 7.15. The third-order valence-corrected chi connectivity index (χ3v) is 5.24. The topological polar surface area (TPSA) is 161 Å². The van der Waals surface area contributed by atoms with E-state index in [-0.39, 0.29) is 33.8 Å². The summed E-state index contributed by atoms with van der Waals surface area (Å²) in [6.45, 7) is -0.643. The first-order valence-electron chi connectivity index (χ1n) is 9.21. The van der Waals surface area contributed by atoms with Crippen LogP contribution >= 0.6 is 0 Å². The number of phenolic OH excluding ortho intramolecular Hbond substituents is 2. The van der Waals surface area contributed by atoms with Crippen molar-refractivity contribution >= 4 is 11.0 Å². The number of aliphatic hydroxyl groups excluding tert-OH is 4. The summed E-state index contributed by atoms with van der Waals surface area (Å²) in [5.74, 6) is -0.191. The summed E-state index contributed by atoms with van der Waals surface area (Å²) in [6, 6.07) is 9.75. The van der Waals surface area contributed by atoms with Crippen LogP contribution < -0.4 is 5.43 Å². The number of fused-ring (bicyclic) bond motifs is 1. The van der Waals surface area contributed by atoms with Crippen molar-refractivity contribution in [1.29, 1.82) is 0 Å². The smallest absolute Gasteiger partial charge is 0.193 e.